The van der Waals surface area contributed by atoms with Crippen molar-refractivity contribution in [1.82, 2.24) is 99.8 Å². The lowest BCUT2D eigenvalue weighted by atomic mass is 10.1. The van der Waals surface area contributed by atoms with Crippen LogP contribution in [0.5, 0.6) is 0 Å². The molecule has 8 fully saturated rings. The normalized spacial score (nSPS) is 43.3. The average molecular weight is 2120 g/mol. The molecule has 24 atom stereocenters. The molecule has 12 aromatic rings. The Morgan fingerprint density at radius 2 is 0.611 bits per heavy atom. The number of thioether (sulfide) groups is 4. The van der Waals surface area contributed by atoms with Crippen LogP contribution in [0.4, 0.5) is 40.8 Å². The molecule has 0 saturated heterocycles. The topological polar surface area (TPSA) is 554 Å². The lowest BCUT2D eigenvalue weighted by Gasteiger charge is -2.17. The van der Waals surface area contributed by atoms with Gasteiger partial charge in [-0.1, -0.05) is 144 Å². The number of ether oxygens (including phenoxy) is 4. The molecule has 144 heavy (non-hydrogen) atoms. The molecule has 0 amide bonds. The first-order chi connectivity index (χ1) is 86.7. The first-order valence-corrected chi connectivity index (χ1v) is 46.5. The Morgan fingerprint density at radius 3 is 0.847 bits per heavy atom. The van der Waals surface area contributed by atoms with Gasteiger partial charge in [-0.15, -0.1) is 20.4 Å². The summed E-state index contributed by atoms with van der Waals surface area (Å²) in [4.78, 5) is 33.3. The Hall–Kier alpha value is -9.52. The molecular weight excluding hydrogens is 1950 g/mol. The van der Waals surface area contributed by atoms with Crippen LogP contribution in [0.25, 0.3) is 44.7 Å². The molecule has 0 bridgehead atoms. The number of rotatable bonds is 40. The number of nitrogens with one attached hydrogen (secondary N) is 4. The minimum Gasteiger partial charge on any atom is -0.394 e. The van der Waals surface area contributed by atoms with Crippen molar-refractivity contribution < 1.29 is 164 Å². The molecule has 0 spiro atoms. The van der Waals surface area contributed by atoms with Gasteiger partial charge in [0.1, 0.15) is 71.9 Å². The number of aromatic nitrogens is 20. The molecule has 0 radical (unpaired) electrons. The number of hydrogen-bond acceptors (Lipinski definition) is 40. The third kappa shape index (κ3) is 23.8. The molecule has 8 heterocycles. The second-order valence-electron chi connectivity index (χ2n) is 32.1. The third-order valence-corrected chi connectivity index (χ3v) is 25.2. The molecule has 0 aliphatic heterocycles. The molecule has 40 nitrogen and oxygen atoms in total. The van der Waals surface area contributed by atoms with E-state index in [-0.39, 0.29) is 135 Å². The Morgan fingerprint density at radius 1 is 0.354 bits per heavy atom. The molecule has 4 aromatic carbocycles. The first kappa shape index (κ1) is 60.8. The molecule has 8 aliphatic rings. The van der Waals surface area contributed by atoms with Crippen molar-refractivity contribution in [2.75, 3.05) is 96.8 Å². The largest absolute Gasteiger partial charge is 0.394 e. The summed E-state index contributed by atoms with van der Waals surface area (Å²) in [7, 11) is 0. The van der Waals surface area contributed by atoms with Crippen molar-refractivity contribution in [1.29, 1.82) is 0 Å². The molecule has 8 aromatic heterocycles. The fourth-order valence-corrected chi connectivity index (χ4v) is 16.7. The molecule has 20 rings (SSSR count). The second kappa shape index (κ2) is 47.3. The maximum absolute atomic E-state index is 14.3. The van der Waals surface area contributed by atoms with E-state index < -0.39 is 314 Å². The van der Waals surface area contributed by atoms with Crippen LogP contribution in [0.3, 0.4) is 0 Å². The maximum atomic E-state index is 14.3. The number of benzene rings is 4. The van der Waals surface area contributed by atoms with Crippen LogP contribution in [0.1, 0.15) is 262 Å². The van der Waals surface area contributed by atoms with Gasteiger partial charge in [0.15, 0.2) is 88.6 Å². The van der Waals surface area contributed by atoms with E-state index in [4.69, 9.17) is 80.0 Å². The third-order valence-electron chi connectivity index (χ3n) is 22.5. The van der Waals surface area contributed by atoms with Gasteiger partial charge >= 0.3 is 0 Å². The van der Waals surface area contributed by atoms with E-state index in [1.165, 1.54) is 24.3 Å². The Kier molecular flexibility index (Phi) is 20.0. The lowest BCUT2D eigenvalue weighted by Crippen LogP contribution is -2.33. The van der Waals surface area contributed by atoms with Crippen LogP contribution in [0.2, 0.25) is 0 Å². The summed E-state index contributed by atoms with van der Waals surface area (Å²) < 4.78 is 473. The zero-order valence-corrected chi connectivity index (χ0v) is 79.6. The van der Waals surface area contributed by atoms with E-state index in [1.807, 2.05) is 0 Å². The zero-order valence-electron chi connectivity index (χ0n) is 124. The van der Waals surface area contributed by atoms with E-state index in [0.717, 1.165) is 27.7 Å². The predicted octanol–water partition coefficient (Wildman–Crippen LogP) is 8.73. The monoisotopic (exact) mass is 2120 g/mol. The highest BCUT2D eigenvalue weighted by Gasteiger charge is 2.51. The molecule has 16 N–H and O–H groups in total. The number of halogens is 4. The molecule has 48 heteroatoms. The average Bonchev–Trinajstić information content (AvgIpc) is 1.49. The highest BCUT2D eigenvalue weighted by atomic mass is 32.2. The fourth-order valence-electron chi connectivity index (χ4n) is 14.9. The standard InChI is InChI=1S/4C24H31FN6O4S/c4*1-3-8-36-24-27-22(26-16-10-14(16)13-5-4-12(2)15(25)9-13)19-23(28-24)31(30-29-19)17-11-18(35-7-6-32)21(34)20(17)33/h4*4-5,9,14,16-18,20-21,32-34H,3,6-8,10-11H2,1-2H3,(H,26,27,28)/t4*14-,16+,17+,18-,20-,21+/m0000/s1/i3D2,6D2,7D2,8D2,11D2,17D,18D,20D,21D;3D2,7D2,8D2,11D2,17D,18D,20D,21D;3D2,6D2,8D2,11D2,17D,18D,20D,21D;3D2,8D2,11D2,17D,18D,20D,21D. The number of aliphatic hydroxyl groups excluding tert-OH is 2. The summed E-state index contributed by atoms with van der Waals surface area (Å²) in [5.74, 6) is -3.44. The van der Waals surface area contributed by atoms with E-state index in [1.54, 1.807) is 76.2 Å². The van der Waals surface area contributed by atoms with Gasteiger partial charge in [-0.05, 0) is 148 Å². The van der Waals surface area contributed by atoms with Gasteiger partial charge in [0.05, 0.1) is 134 Å². The minimum absolute atomic E-state index is 0.0600. The van der Waals surface area contributed by atoms with E-state index >= 15 is 0 Å². The Balaban J connectivity index is 0.000000167. The van der Waals surface area contributed by atoms with Crippen molar-refractivity contribution in [2.45, 2.75) is 298 Å². The highest BCUT2D eigenvalue weighted by Crippen LogP contribution is 2.50. The molecule has 8 saturated carbocycles. The number of aryl methyl sites for hydroxylation is 4. The van der Waals surface area contributed by atoms with E-state index in [9.17, 15) is 78.8 Å². The van der Waals surface area contributed by atoms with Crippen molar-refractivity contribution >= 4 is 115 Å². The van der Waals surface area contributed by atoms with Crippen LogP contribution in [-0.4, -0.2) is 334 Å². The van der Waals surface area contributed by atoms with Crippen molar-refractivity contribution in [3.63, 3.8) is 0 Å². The van der Waals surface area contributed by atoms with Crippen LogP contribution in [0.15, 0.2) is 93.4 Å². The van der Waals surface area contributed by atoms with Gasteiger partial charge in [0, 0.05) is 129 Å². The smallest absolute Gasteiger partial charge is 0.191 e. The number of nitrogens with zero attached hydrogens (tertiary/aromatic N) is 20. The van der Waals surface area contributed by atoms with Gasteiger partial charge in [0.25, 0.3) is 0 Å². The molecular formula is C96H124F4N24O16S4. The van der Waals surface area contributed by atoms with Crippen LogP contribution < -0.4 is 21.3 Å². The van der Waals surface area contributed by atoms with Crippen LogP contribution in [0, 0.1) is 51.0 Å². The number of hydrogen-bond donors (Lipinski definition) is 16. The van der Waals surface area contributed by atoms with E-state index in [0.29, 0.717) is 70.2 Å². The second-order valence-corrected chi connectivity index (χ2v) is 35.2. The summed E-state index contributed by atoms with van der Waals surface area (Å²) >= 11 is 0.742. The number of fused-ring (bicyclic) bond motifs is 4. The minimum atomic E-state index is -4.35. The van der Waals surface area contributed by atoms with E-state index in [2.05, 4.69) is 107 Å². The quantitative estimate of drug-likeness (QED) is 0.00969. The van der Waals surface area contributed by atoms with Gasteiger partial charge in [0.2, 0.25) is 0 Å². The summed E-state index contributed by atoms with van der Waals surface area (Å²) in [6, 6.07) is 2.03. The number of anilines is 4. The summed E-state index contributed by atoms with van der Waals surface area (Å²) in [5, 5.41) is 167. The molecule has 776 valence electrons. The zero-order chi connectivity index (χ0) is 145. The van der Waals surface area contributed by atoms with Gasteiger partial charge in [-0.3, -0.25) is 0 Å². The van der Waals surface area contributed by atoms with Crippen molar-refractivity contribution in [3.05, 3.63) is 141 Å². The summed E-state index contributed by atoms with van der Waals surface area (Å²) in [6.45, 7) is -9.04. The Bertz CT molecular complexity index is 9060. The van der Waals surface area contributed by atoms with Gasteiger partial charge in [-0.2, -0.15) is 0 Å². The predicted molar refractivity (Wildman–Crippen MR) is 530 cm³/mol. The van der Waals surface area contributed by atoms with Gasteiger partial charge in [-0.25, -0.2) is 76.2 Å². The van der Waals surface area contributed by atoms with Crippen LogP contribution in [-0.2, 0) is 18.9 Å². The lowest BCUT2D eigenvalue weighted by molar-refractivity contribution is -0.0629. The molecule has 0 unspecified atom stereocenters. The Labute approximate surface area is 911 Å². The van der Waals surface area contributed by atoms with Gasteiger partial charge < -0.3 is 101 Å². The first-order valence-electron chi connectivity index (χ1n) is 67.2. The summed E-state index contributed by atoms with van der Waals surface area (Å²) in [5.41, 5.74) is -10.6. The maximum Gasteiger partial charge on any atom is 0.191 e. The number of aliphatic hydroxyl groups is 12. The van der Waals surface area contributed by atoms with Crippen LogP contribution >= 0.6 is 47.0 Å². The fraction of sp³-hybridized carbons (Fsp3) is 0.583. The highest BCUT2D eigenvalue weighted by molar-refractivity contribution is 7.99. The van der Waals surface area contributed by atoms with Crippen molar-refractivity contribution in [3.8, 4) is 0 Å². The molecule has 8 aliphatic carbocycles. The SMILES string of the molecule is [2H]C([2H])(C)C([2H])([2H])Sc1nc(N[C@@H]2C[C@H]2c2ccc(C)c(F)c2)c2nnn([C@]3([2H])C([2H])([2H])[C@]([2H])(OC([2H])([2H])C([2H])([2H])O)[C@@]([2H])(O)[C@@]3([2H])O)c2n1.[2H]C([2H])(C)C([2H])([2H])Sc1nc(N[C@@H]2C[C@H]2c2ccc(C)c(F)c2)c2nnn([C@]3([2H])C([2H])([2H])[C@]([2H])(OCCO)[C@@]([2H])(O)[C@@]3([2H])O)c2n1.[2H]C([2H])(CO)O[C@@]1([2H])C([2H])([2H])[C@@]([2H])(n2nnc3c(N[C@@H]4C[C@H]4c4ccc(C)c(F)c4)nc(SC([2H])([2H])C([2H])([2H])C)nc32)[C@]([2H])(O)[C@]1([2H])O.[2H]C([2H])(O)CO[C@@]1([2H])C([2H])([2H])[C@@]([2H])(n2nnc3c(N[C@@H]4C[C@H]4c4ccc(C)c(F)c4)nc(SC([2H])([2H])C([2H])([2H])C)nc32)[C@]([2H])(O)[C@]1([2H])O. The summed E-state index contributed by atoms with van der Waals surface area (Å²) in [6.07, 6.45) is -72.1. The van der Waals surface area contributed by atoms with Crippen molar-refractivity contribution in [2.24, 2.45) is 0 Å².